The van der Waals surface area contributed by atoms with Crippen molar-refractivity contribution in [2.75, 3.05) is 0 Å². The van der Waals surface area contributed by atoms with E-state index in [4.69, 9.17) is 4.74 Å². The molecule has 0 saturated heterocycles. The van der Waals surface area contributed by atoms with Crippen LogP contribution in [0.3, 0.4) is 0 Å². The van der Waals surface area contributed by atoms with Crippen LogP contribution in [0.2, 0.25) is 0 Å². The van der Waals surface area contributed by atoms with E-state index in [0.717, 1.165) is 29.7 Å². The lowest BCUT2D eigenvalue weighted by atomic mass is 9.88. The Kier molecular flexibility index (Phi) is 4.57. The van der Waals surface area contributed by atoms with Gasteiger partial charge in [-0.3, -0.25) is 4.79 Å². The third-order valence-corrected chi connectivity index (χ3v) is 3.82. The van der Waals surface area contributed by atoms with Crippen molar-refractivity contribution >= 4 is 5.91 Å². The highest BCUT2D eigenvalue weighted by molar-refractivity contribution is 5.73. The molecule has 2 unspecified atom stereocenters. The average molecular weight is 291 g/mol. The van der Waals surface area contributed by atoms with Crippen LogP contribution in [-0.2, 0) is 4.79 Å². The molecule has 4 nitrogen and oxygen atoms in total. The summed E-state index contributed by atoms with van der Waals surface area (Å²) in [5.74, 6) is 0.737. The first-order valence-electron chi connectivity index (χ1n) is 7.60. The molecule has 21 heavy (non-hydrogen) atoms. The molecule has 1 aliphatic heterocycles. The van der Waals surface area contributed by atoms with Gasteiger partial charge in [0.05, 0.1) is 12.1 Å². The Hall–Kier alpha value is -1.55. The van der Waals surface area contributed by atoms with Gasteiger partial charge in [0, 0.05) is 18.9 Å². The number of hydrogen-bond donors (Lipinski definition) is 2. The van der Waals surface area contributed by atoms with E-state index < -0.39 is 6.10 Å². The molecule has 0 fully saturated rings. The van der Waals surface area contributed by atoms with Gasteiger partial charge in [0.2, 0.25) is 5.91 Å². The SMILES string of the molecule is CCCC(O)c1ccc2c(c1)C(NC(C)=O)CC(C)(C)O2. The number of ether oxygens (including phenoxy) is 1. The molecule has 1 amide bonds. The van der Waals surface area contributed by atoms with Crippen LogP contribution in [0.5, 0.6) is 5.75 Å². The molecule has 2 N–H and O–H groups in total. The van der Waals surface area contributed by atoms with E-state index in [1.807, 2.05) is 39.0 Å². The van der Waals surface area contributed by atoms with E-state index >= 15 is 0 Å². The number of carbonyl (C=O) groups is 1. The fourth-order valence-electron chi connectivity index (χ4n) is 2.89. The third-order valence-electron chi connectivity index (χ3n) is 3.82. The van der Waals surface area contributed by atoms with Crippen LogP contribution in [0, 0.1) is 0 Å². The van der Waals surface area contributed by atoms with Crippen molar-refractivity contribution in [3.63, 3.8) is 0 Å². The molecule has 0 radical (unpaired) electrons. The number of rotatable bonds is 4. The van der Waals surface area contributed by atoms with E-state index in [9.17, 15) is 9.90 Å². The van der Waals surface area contributed by atoms with Crippen LogP contribution in [-0.4, -0.2) is 16.6 Å². The number of nitrogens with one attached hydrogen (secondary N) is 1. The Morgan fingerprint density at radius 3 is 2.86 bits per heavy atom. The van der Waals surface area contributed by atoms with Gasteiger partial charge < -0.3 is 15.2 Å². The number of aliphatic hydroxyl groups excluding tert-OH is 1. The maximum Gasteiger partial charge on any atom is 0.217 e. The van der Waals surface area contributed by atoms with Crippen LogP contribution in [0.15, 0.2) is 18.2 Å². The van der Waals surface area contributed by atoms with E-state index in [2.05, 4.69) is 5.32 Å². The molecule has 1 heterocycles. The molecule has 0 saturated carbocycles. The first-order chi connectivity index (χ1) is 9.82. The zero-order valence-electron chi connectivity index (χ0n) is 13.3. The van der Waals surface area contributed by atoms with Crippen molar-refractivity contribution in [2.45, 2.75) is 64.7 Å². The molecule has 2 rings (SSSR count). The van der Waals surface area contributed by atoms with Gasteiger partial charge in [-0.05, 0) is 38.0 Å². The van der Waals surface area contributed by atoms with Gasteiger partial charge in [-0.25, -0.2) is 0 Å². The normalized spacial score (nSPS) is 21.1. The fraction of sp³-hybridized carbons (Fsp3) is 0.588. The Labute approximate surface area is 126 Å². The van der Waals surface area contributed by atoms with Crippen LogP contribution in [0.1, 0.15) is 70.2 Å². The molecule has 2 atom stereocenters. The Bertz CT molecular complexity index is 525. The topological polar surface area (TPSA) is 58.6 Å². The smallest absolute Gasteiger partial charge is 0.217 e. The van der Waals surface area contributed by atoms with Crippen molar-refractivity contribution in [3.8, 4) is 5.75 Å². The highest BCUT2D eigenvalue weighted by atomic mass is 16.5. The molecular weight excluding hydrogens is 266 g/mol. The van der Waals surface area contributed by atoms with E-state index in [-0.39, 0.29) is 17.6 Å². The minimum atomic E-state index is -0.465. The molecule has 0 aliphatic carbocycles. The molecule has 0 bridgehead atoms. The van der Waals surface area contributed by atoms with E-state index in [0.29, 0.717) is 6.42 Å². The lowest BCUT2D eigenvalue weighted by Crippen LogP contribution is -2.40. The third kappa shape index (κ3) is 3.76. The lowest BCUT2D eigenvalue weighted by Gasteiger charge is -2.38. The van der Waals surface area contributed by atoms with Crippen molar-refractivity contribution < 1.29 is 14.6 Å². The molecule has 116 valence electrons. The molecular formula is C17H25NO3. The fourth-order valence-corrected chi connectivity index (χ4v) is 2.89. The molecule has 4 heteroatoms. The highest BCUT2D eigenvalue weighted by Gasteiger charge is 2.34. The number of carbonyl (C=O) groups excluding carboxylic acids is 1. The lowest BCUT2D eigenvalue weighted by molar-refractivity contribution is -0.120. The van der Waals surface area contributed by atoms with Crippen molar-refractivity contribution in [3.05, 3.63) is 29.3 Å². The van der Waals surface area contributed by atoms with Gasteiger partial charge >= 0.3 is 0 Å². The Morgan fingerprint density at radius 1 is 1.52 bits per heavy atom. The zero-order valence-corrected chi connectivity index (χ0v) is 13.3. The summed E-state index contributed by atoms with van der Waals surface area (Å²) in [6.07, 6.45) is 1.91. The molecule has 1 aliphatic rings. The van der Waals surface area contributed by atoms with Gasteiger partial charge in [0.15, 0.2) is 0 Å². The van der Waals surface area contributed by atoms with Gasteiger partial charge in [0.1, 0.15) is 11.4 Å². The summed E-state index contributed by atoms with van der Waals surface area (Å²) in [5.41, 5.74) is 1.52. The summed E-state index contributed by atoms with van der Waals surface area (Å²) in [6.45, 7) is 7.61. The Morgan fingerprint density at radius 2 is 2.24 bits per heavy atom. The second-order valence-electron chi connectivity index (χ2n) is 6.42. The van der Waals surface area contributed by atoms with Crippen LogP contribution >= 0.6 is 0 Å². The number of hydrogen-bond acceptors (Lipinski definition) is 3. The summed E-state index contributed by atoms with van der Waals surface area (Å²) >= 11 is 0. The van der Waals surface area contributed by atoms with Crippen molar-refractivity contribution in [1.82, 2.24) is 5.32 Å². The van der Waals surface area contributed by atoms with Gasteiger partial charge in [0.25, 0.3) is 0 Å². The summed E-state index contributed by atoms with van der Waals surface area (Å²) < 4.78 is 5.99. The van der Waals surface area contributed by atoms with Gasteiger partial charge in [-0.2, -0.15) is 0 Å². The molecule has 0 spiro atoms. The highest BCUT2D eigenvalue weighted by Crippen LogP contribution is 2.40. The number of amides is 1. The molecule has 1 aromatic rings. The first-order valence-corrected chi connectivity index (χ1v) is 7.60. The van der Waals surface area contributed by atoms with Crippen molar-refractivity contribution in [2.24, 2.45) is 0 Å². The second-order valence-corrected chi connectivity index (χ2v) is 6.42. The average Bonchev–Trinajstić information content (AvgIpc) is 2.36. The first kappa shape index (κ1) is 15.8. The standard InChI is InChI=1S/C17H25NO3/c1-5-6-15(20)12-7-8-16-13(9-12)14(18-11(2)19)10-17(3,4)21-16/h7-9,14-15,20H,5-6,10H2,1-4H3,(H,18,19). The number of benzene rings is 1. The Balaban J connectivity index is 2.36. The minimum Gasteiger partial charge on any atom is -0.487 e. The zero-order chi connectivity index (χ0) is 15.6. The van der Waals surface area contributed by atoms with Crippen LogP contribution < -0.4 is 10.1 Å². The largest absolute Gasteiger partial charge is 0.487 e. The van der Waals surface area contributed by atoms with Crippen molar-refractivity contribution in [1.29, 1.82) is 0 Å². The quantitative estimate of drug-likeness (QED) is 0.895. The summed E-state index contributed by atoms with van der Waals surface area (Å²) in [6, 6.07) is 5.70. The summed E-state index contributed by atoms with van der Waals surface area (Å²) in [4.78, 5) is 11.5. The maximum atomic E-state index is 11.5. The summed E-state index contributed by atoms with van der Waals surface area (Å²) in [5, 5.41) is 13.2. The maximum absolute atomic E-state index is 11.5. The summed E-state index contributed by atoms with van der Waals surface area (Å²) in [7, 11) is 0. The monoisotopic (exact) mass is 291 g/mol. The van der Waals surface area contributed by atoms with E-state index in [1.54, 1.807) is 0 Å². The van der Waals surface area contributed by atoms with Crippen LogP contribution in [0.4, 0.5) is 0 Å². The van der Waals surface area contributed by atoms with Gasteiger partial charge in [-0.1, -0.05) is 19.4 Å². The van der Waals surface area contributed by atoms with E-state index in [1.165, 1.54) is 6.92 Å². The molecule has 1 aromatic carbocycles. The second kappa shape index (κ2) is 6.06. The van der Waals surface area contributed by atoms with Gasteiger partial charge in [-0.15, -0.1) is 0 Å². The predicted molar refractivity (Wildman–Crippen MR) is 82.2 cm³/mol. The number of aliphatic hydroxyl groups is 1. The van der Waals surface area contributed by atoms with Crippen LogP contribution in [0.25, 0.3) is 0 Å². The predicted octanol–water partition coefficient (Wildman–Crippen LogP) is 3.26. The number of fused-ring (bicyclic) bond motifs is 1. The minimum absolute atomic E-state index is 0.0526. The molecule has 0 aromatic heterocycles.